The number of pyridine rings is 1. The summed E-state index contributed by atoms with van der Waals surface area (Å²) in [5.74, 6) is -0.707. The lowest BCUT2D eigenvalue weighted by molar-refractivity contribution is 0.572. The van der Waals surface area contributed by atoms with E-state index in [1.165, 1.54) is 0 Å². The average Bonchev–Trinajstić information content (AvgIpc) is 2.33. The molecule has 7 nitrogen and oxygen atoms in total. The van der Waals surface area contributed by atoms with Crippen LogP contribution in [0.5, 0.6) is 0 Å². The predicted octanol–water partition coefficient (Wildman–Crippen LogP) is 1.59. The number of aromatic nitrogens is 1. The van der Waals surface area contributed by atoms with Gasteiger partial charge in [0.15, 0.2) is 0 Å². The van der Waals surface area contributed by atoms with Crippen molar-refractivity contribution in [1.29, 1.82) is 0 Å². The number of hydrogen-bond donors (Lipinski definition) is 1. The van der Waals surface area contributed by atoms with Crippen molar-refractivity contribution >= 4 is 10.0 Å². The smallest absolute Gasteiger partial charge is 0.242 e. The standard InChI is InChI=1S/C9H12FN5O2S/c10-8-5-9(7-12-6-8)18(16,17)14-4-2-1-3-13-15-11/h5-7,14H,1-4H2. The maximum absolute atomic E-state index is 12.8. The van der Waals surface area contributed by atoms with E-state index in [9.17, 15) is 12.8 Å². The molecule has 0 fully saturated rings. The van der Waals surface area contributed by atoms with Crippen LogP contribution in [-0.2, 0) is 10.0 Å². The molecule has 0 saturated heterocycles. The van der Waals surface area contributed by atoms with E-state index in [1.54, 1.807) is 0 Å². The Labute approximate surface area is 104 Å². The SMILES string of the molecule is [N-]=[N+]=NCCCCNS(=O)(=O)c1cncc(F)c1. The van der Waals surface area contributed by atoms with E-state index in [-0.39, 0.29) is 11.4 Å². The Kier molecular flexibility index (Phi) is 5.50. The minimum Gasteiger partial charge on any atom is -0.260 e. The highest BCUT2D eigenvalue weighted by atomic mass is 32.2. The lowest BCUT2D eigenvalue weighted by Crippen LogP contribution is -2.25. The molecule has 9 heteroatoms. The fourth-order valence-electron chi connectivity index (χ4n) is 1.18. The average molecular weight is 273 g/mol. The monoisotopic (exact) mass is 273 g/mol. The summed E-state index contributed by atoms with van der Waals surface area (Å²) < 4.78 is 38.5. The molecule has 0 atom stereocenters. The van der Waals surface area contributed by atoms with E-state index in [0.29, 0.717) is 19.4 Å². The van der Waals surface area contributed by atoms with Crippen molar-refractivity contribution in [3.8, 4) is 0 Å². The number of azide groups is 1. The van der Waals surface area contributed by atoms with Crippen LogP contribution in [0.15, 0.2) is 28.5 Å². The lowest BCUT2D eigenvalue weighted by atomic mass is 10.3. The Morgan fingerprint density at radius 1 is 1.44 bits per heavy atom. The van der Waals surface area contributed by atoms with Crippen LogP contribution in [0.4, 0.5) is 4.39 Å². The molecule has 0 aliphatic heterocycles. The van der Waals surface area contributed by atoms with Gasteiger partial charge in [-0.2, -0.15) is 0 Å². The minimum atomic E-state index is -3.73. The Bertz CT molecular complexity index is 542. The molecule has 1 N–H and O–H groups in total. The van der Waals surface area contributed by atoms with Crippen LogP contribution in [0.1, 0.15) is 12.8 Å². The van der Waals surface area contributed by atoms with Crippen LogP contribution in [0.2, 0.25) is 0 Å². The zero-order valence-corrected chi connectivity index (χ0v) is 10.3. The van der Waals surface area contributed by atoms with Gasteiger partial charge in [0.1, 0.15) is 10.7 Å². The third-order valence-corrected chi connectivity index (χ3v) is 3.46. The number of nitrogens with one attached hydrogen (secondary N) is 1. The number of halogens is 1. The second-order valence-corrected chi connectivity index (χ2v) is 5.17. The van der Waals surface area contributed by atoms with Gasteiger partial charge in [-0.15, -0.1) is 0 Å². The molecule has 18 heavy (non-hydrogen) atoms. The second kappa shape index (κ2) is 6.90. The number of rotatable bonds is 7. The van der Waals surface area contributed by atoms with Gasteiger partial charge in [-0.1, -0.05) is 5.11 Å². The molecule has 0 saturated carbocycles. The lowest BCUT2D eigenvalue weighted by Gasteiger charge is -2.05. The molecule has 0 amide bonds. The Morgan fingerprint density at radius 2 is 2.22 bits per heavy atom. The first kappa shape index (κ1) is 14.4. The summed E-state index contributed by atoms with van der Waals surface area (Å²) >= 11 is 0. The summed E-state index contributed by atoms with van der Waals surface area (Å²) in [5.41, 5.74) is 8.03. The first-order valence-electron chi connectivity index (χ1n) is 5.17. The largest absolute Gasteiger partial charge is 0.260 e. The van der Waals surface area contributed by atoms with Gasteiger partial charge < -0.3 is 0 Å². The zero-order valence-electron chi connectivity index (χ0n) is 9.45. The van der Waals surface area contributed by atoms with Gasteiger partial charge in [-0.05, 0) is 24.4 Å². The predicted molar refractivity (Wildman–Crippen MR) is 62.6 cm³/mol. The molecule has 0 aromatic carbocycles. The maximum Gasteiger partial charge on any atom is 0.242 e. The van der Waals surface area contributed by atoms with Gasteiger partial charge in [0.2, 0.25) is 10.0 Å². The summed E-state index contributed by atoms with van der Waals surface area (Å²) in [6, 6.07) is 0.898. The molecule has 0 spiro atoms. The maximum atomic E-state index is 12.8. The first-order chi connectivity index (χ1) is 8.56. The number of nitrogens with zero attached hydrogens (tertiary/aromatic N) is 4. The Balaban J connectivity index is 2.48. The van der Waals surface area contributed by atoms with Crippen molar-refractivity contribution in [3.05, 3.63) is 34.7 Å². The van der Waals surface area contributed by atoms with Gasteiger partial charge in [0.25, 0.3) is 0 Å². The van der Waals surface area contributed by atoms with Crippen molar-refractivity contribution in [2.24, 2.45) is 5.11 Å². The van der Waals surface area contributed by atoms with E-state index < -0.39 is 15.8 Å². The quantitative estimate of drug-likeness (QED) is 0.352. The molecule has 98 valence electrons. The van der Waals surface area contributed by atoms with E-state index in [0.717, 1.165) is 18.5 Å². The van der Waals surface area contributed by atoms with Crippen LogP contribution in [0, 0.1) is 5.82 Å². The number of unbranched alkanes of at least 4 members (excludes halogenated alkanes) is 1. The molecule has 0 aliphatic carbocycles. The van der Waals surface area contributed by atoms with Crippen LogP contribution < -0.4 is 4.72 Å². The molecule has 1 rings (SSSR count). The molecule has 0 unspecified atom stereocenters. The molecular weight excluding hydrogens is 261 g/mol. The molecule has 0 radical (unpaired) electrons. The van der Waals surface area contributed by atoms with Crippen molar-refractivity contribution in [2.75, 3.05) is 13.1 Å². The van der Waals surface area contributed by atoms with Crippen molar-refractivity contribution < 1.29 is 12.8 Å². The molecule has 1 aromatic rings. The van der Waals surface area contributed by atoms with Crippen LogP contribution >= 0.6 is 0 Å². The topological polar surface area (TPSA) is 108 Å². The first-order valence-corrected chi connectivity index (χ1v) is 6.65. The van der Waals surface area contributed by atoms with Crippen molar-refractivity contribution in [1.82, 2.24) is 9.71 Å². The van der Waals surface area contributed by atoms with Crippen LogP contribution in [0.3, 0.4) is 0 Å². The normalized spacial score (nSPS) is 10.9. The van der Waals surface area contributed by atoms with E-state index in [4.69, 9.17) is 5.53 Å². The summed E-state index contributed by atoms with van der Waals surface area (Å²) in [6.45, 7) is 0.513. The number of hydrogen-bond acceptors (Lipinski definition) is 4. The van der Waals surface area contributed by atoms with E-state index in [2.05, 4.69) is 19.7 Å². The number of sulfonamides is 1. The fourth-order valence-corrected chi connectivity index (χ4v) is 2.23. The minimum absolute atomic E-state index is 0.194. The highest BCUT2D eigenvalue weighted by Gasteiger charge is 2.14. The molecule has 1 heterocycles. The highest BCUT2D eigenvalue weighted by Crippen LogP contribution is 2.08. The molecule has 0 bridgehead atoms. The molecule has 0 aliphatic rings. The van der Waals surface area contributed by atoms with Gasteiger partial charge >= 0.3 is 0 Å². The van der Waals surface area contributed by atoms with Gasteiger partial charge in [-0.3, -0.25) is 4.98 Å². The highest BCUT2D eigenvalue weighted by molar-refractivity contribution is 7.89. The van der Waals surface area contributed by atoms with Crippen molar-refractivity contribution in [2.45, 2.75) is 17.7 Å². The summed E-state index contributed by atoms with van der Waals surface area (Å²) in [4.78, 5) is 5.84. The molecule has 1 aromatic heterocycles. The summed E-state index contributed by atoms with van der Waals surface area (Å²) in [6.07, 6.45) is 3.11. The third-order valence-electron chi connectivity index (χ3n) is 2.03. The Hall–Kier alpha value is -1.70. The van der Waals surface area contributed by atoms with E-state index in [1.807, 2.05) is 0 Å². The van der Waals surface area contributed by atoms with Crippen LogP contribution in [0.25, 0.3) is 10.4 Å². The van der Waals surface area contributed by atoms with Gasteiger partial charge in [-0.25, -0.2) is 17.5 Å². The van der Waals surface area contributed by atoms with E-state index >= 15 is 0 Å². The molecular formula is C9H12FN5O2S. The van der Waals surface area contributed by atoms with Crippen LogP contribution in [-0.4, -0.2) is 26.5 Å². The second-order valence-electron chi connectivity index (χ2n) is 3.40. The summed E-state index contributed by atoms with van der Waals surface area (Å²) in [5, 5.41) is 3.32. The van der Waals surface area contributed by atoms with Crippen molar-refractivity contribution in [3.63, 3.8) is 0 Å². The Morgan fingerprint density at radius 3 is 2.89 bits per heavy atom. The van der Waals surface area contributed by atoms with Gasteiger partial charge in [0.05, 0.1) is 6.20 Å². The zero-order chi connectivity index (χ0) is 13.4. The third kappa shape index (κ3) is 4.66. The summed E-state index contributed by atoms with van der Waals surface area (Å²) in [7, 11) is -3.73. The van der Waals surface area contributed by atoms with Gasteiger partial charge in [0, 0.05) is 24.2 Å². The fraction of sp³-hybridized carbons (Fsp3) is 0.444.